The van der Waals surface area contributed by atoms with Crippen molar-refractivity contribution in [2.75, 3.05) is 0 Å². The minimum absolute atomic E-state index is 0.158. The number of pyridine rings is 1. The van der Waals surface area contributed by atoms with Gasteiger partial charge < -0.3 is 4.74 Å². The van der Waals surface area contributed by atoms with Crippen molar-refractivity contribution in [3.8, 4) is 0 Å². The van der Waals surface area contributed by atoms with E-state index in [1.54, 1.807) is 44.3 Å². The van der Waals surface area contributed by atoms with E-state index in [4.69, 9.17) is 27.9 Å². The van der Waals surface area contributed by atoms with Gasteiger partial charge in [-0.05, 0) is 49.2 Å². The van der Waals surface area contributed by atoms with Crippen LogP contribution >= 0.6 is 23.2 Å². The van der Waals surface area contributed by atoms with Crippen molar-refractivity contribution in [2.45, 2.75) is 25.9 Å². The third kappa shape index (κ3) is 3.96. The molecule has 0 spiro atoms. The Kier molecular flexibility index (Phi) is 4.86. The summed E-state index contributed by atoms with van der Waals surface area (Å²) in [7, 11) is 0. The maximum atomic E-state index is 12.3. The number of hydrogen-bond donors (Lipinski definition) is 0. The van der Waals surface area contributed by atoms with E-state index >= 15 is 0 Å². The number of rotatable bonds is 4. The third-order valence-corrected chi connectivity index (χ3v) is 3.66. The lowest BCUT2D eigenvalue weighted by molar-refractivity contribution is -0.150. The molecule has 0 atom stereocenters. The highest BCUT2D eigenvalue weighted by atomic mass is 35.5. The van der Waals surface area contributed by atoms with Crippen LogP contribution in [0.2, 0.25) is 10.2 Å². The van der Waals surface area contributed by atoms with Gasteiger partial charge in [0.25, 0.3) is 0 Å². The van der Waals surface area contributed by atoms with Crippen LogP contribution in [0.25, 0.3) is 0 Å². The predicted molar refractivity (Wildman–Crippen MR) is 83.5 cm³/mol. The lowest BCUT2D eigenvalue weighted by atomic mass is 9.85. The average molecular weight is 324 g/mol. The van der Waals surface area contributed by atoms with Crippen molar-refractivity contribution in [3.05, 3.63) is 63.9 Å². The summed E-state index contributed by atoms with van der Waals surface area (Å²) in [4.78, 5) is 16.2. The molecule has 2 aromatic rings. The van der Waals surface area contributed by atoms with Gasteiger partial charge in [0.1, 0.15) is 11.8 Å². The number of benzene rings is 1. The quantitative estimate of drug-likeness (QED) is 0.618. The highest BCUT2D eigenvalue weighted by Crippen LogP contribution is 2.27. The summed E-state index contributed by atoms with van der Waals surface area (Å²) in [5.41, 5.74) is 0.833. The molecule has 0 N–H and O–H groups in total. The minimum atomic E-state index is -0.776. The molecular weight excluding hydrogens is 309 g/mol. The molecule has 1 aromatic heterocycles. The summed E-state index contributed by atoms with van der Waals surface area (Å²) in [5, 5.41) is 0.965. The molecule has 0 aliphatic rings. The highest BCUT2D eigenvalue weighted by molar-refractivity contribution is 6.30. The fourth-order valence-corrected chi connectivity index (χ4v) is 2.24. The maximum absolute atomic E-state index is 12.3. The van der Waals surface area contributed by atoms with Gasteiger partial charge in [0.05, 0.1) is 5.41 Å². The van der Waals surface area contributed by atoms with Crippen LogP contribution in [-0.2, 0) is 21.6 Å². The summed E-state index contributed by atoms with van der Waals surface area (Å²) in [6, 6.07) is 10.6. The molecule has 0 bridgehead atoms. The first kappa shape index (κ1) is 15.8. The Balaban J connectivity index is 2.08. The highest BCUT2D eigenvalue weighted by Gasteiger charge is 2.31. The number of halogens is 2. The molecule has 1 heterocycles. The first-order valence-electron chi connectivity index (χ1n) is 6.43. The Bertz CT molecular complexity index is 656. The second-order valence-electron chi connectivity index (χ2n) is 5.20. The summed E-state index contributed by atoms with van der Waals surface area (Å²) in [5.74, 6) is -0.322. The molecule has 110 valence electrons. The Labute approximate surface area is 133 Å². The zero-order valence-electron chi connectivity index (χ0n) is 11.8. The van der Waals surface area contributed by atoms with E-state index in [0.29, 0.717) is 10.2 Å². The zero-order chi connectivity index (χ0) is 15.5. The fraction of sp³-hybridized carbons (Fsp3) is 0.250. The Morgan fingerprint density at radius 1 is 1.24 bits per heavy atom. The molecule has 1 aromatic carbocycles. The average Bonchev–Trinajstić information content (AvgIpc) is 2.44. The van der Waals surface area contributed by atoms with Crippen LogP contribution in [0.1, 0.15) is 25.0 Å². The number of ether oxygens (including phenoxy) is 1. The van der Waals surface area contributed by atoms with Crippen LogP contribution < -0.4 is 0 Å². The van der Waals surface area contributed by atoms with Gasteiger partial charge in [-0.3, -0.25) is 4.79 Å². The number of nitrogens with zero attached hydrogens (tertiary/aromatic N) is 1. The van der Waals surface area contributed by atoms with Crippen molar-refractivity contribution in [1.82, 2.24) is 4.98 Å². The molecule has 0 fully saturated rings. The molecule has 0 saturated carbocycles. The maximum Gasteiger partial charge on any atom is 0.316 e. The Morgan fingerprint density at radius 3 is 2.67 bits per heavy atom. The molecule has 2 rings (SSSR count). The molecule has 0 unspecified atom stereocenters. The summed E-state index contributed by atoms with van der Waals surface area (Å²) < 4.78 is 5.37. The largest absolute Gasteiger partial charge is 0.460 e. The van der Waals surface area contributed by atoms with Crippen LogP contribution in [0.5, 0.6) is 0 Å². The van der Waals surface area contributed by atoms with Gasteiger partial charge in [0.2, 0.25) is 0 Å². The summed E-state index contributed by atoms with van der Waals surface area (Å²) in [6.07, 6.45) is 1.58. The molecule has 0 amide bonds. The lowest BCUT2D eigenvalue weighted by Crippen LogP contribution is -2.31. The number of hydrogen-bond acceptors (Lipinski definition) is 3. The van der Waals surface area contributed by atoms with Crippen LogP contribution in [0.4, 0.5) is 0 Å². The second kappa shape index (κ2) is 6.46. The van der Waals surface area contributed by atoms with Crippen LogP contribution in [0, 0.1) is 0 Å². The number of aromatic nitrogens is 1. The van der Waals surface area contributed by atoms with Crippen LogP contribution in [-0.4, -0.2) is 11.0 Å². The Morgan fingerprint density at radius 2 is 2.00 bits per heavy atom. The minimum Gasteiger partial charge on any atom is -0.460 e. The predicted octanol–water partition coefficient (Wildman–Crippen LogP) is 4.41. The summed E-state index contributed by atoms with van der Waals surface area (Å²) >= 11 is 11.8. The number of carbonyl (C=O) groups is 1. The fourth-order valence-electron chi connectivity index (χ4n) is 1.86. The van der Waals surface area contributed by atoms with Gasteiger partial charge in [-0.1, -0.05) is 35.3 Å². The van der Waals surface area contributed by atoms with Crippen molar-refractivity contribution in [2.24, 2.45) is 0 Å². The third-order valence-electron chi connectivity index (χ3n) is 3.22. The first-order valence-corrected chi connectivity index (χ1v) is 7.19. The second-order valence-corrected chi connectivity index (χ2v) is 6.02. The first-order chi connectivity index (χ1) is 9.89. The van der Waals surface area contributed by atoms with Gasteiger partial charge in [-0.2, -0.15) is 0 Å². The van der Waals surface area contributed by atoms with E-state index in [1.807, 2.05) is 12.1 Å². The molecule has 0 aliphatic carbocycles. The van der Waals surface area contributed by atoms with Crippen LogP contribution in [0.15, 0.2) is 42.6 Å². The standard InChI is InChI=1S/C16H15Cl2NO2/c1-16(2,12-4-3-5-13(17)9-12)15(20)21-10-11-6-7-19-14(18)8-11/h3-9H,10H2,1-2H3. The number of esters is 1. The molecule has 0 radical (unpaired) electrons. The van der Waals surface area contributed by atoms with Crippen molar-refractivity contribution in [3.63, 3.8) is 0 Å². The van der Waals surface area contributed by atoms with Gasteiger partial charge >= 0.3 is 5.97 Å². The molecule has 0 aliphatic heterocycles. The zero-order valence-corrected chi connectivity index (χ0v) is 13.3. The van der Waals surface area contributed by atoms with E-state index < -0.39 is 5.41 Å². The van der Waals surface area contributed by atoms with Crippen molar-refractivity contribution in [1.29, 1.82) is 0 Å². The molecule has 21 heavy (non-hydrogen) atoms. The van der Waals surface area contributed by atoms with Crippen molar-refractivity contribution < 1.29 is 9.53 Å². The monoisotopic (exact) mass is 323 g/mol. The normalized spacial score (nSPS) is 11.2. The van der Waals surface area contributed by atoms with E-state index in [2.05, 4.69) is 4.98 Å². The van der Waals surface area contributed by atoms with E-state index in [-0.39, 0.29) is 12.6 Å². The topological polar surface area (TPSA) is 39.2 Å². The summed E-state index contributed by atoms with van der Waals surface area (Å²) in [6.45, 7) is 3.77. The van der Waals surface area contributed by atoms with Crippen LogP contribution in [0.3, 0.4) is 0 Å². The van der Waals surface area contributed by atoms with Gasteiger partial charge in [-0.25, -0.2) is 4.98 Å². The smallest absolute Gasteiger partial charge is 0.316 e. The van der Waals surface area contributed by atoms with E-state index in [9.17, 15) is 4.79 Å². The van der Waals surface area contributed by atoms with Gasteiger partial charge in [-0.15, -0.1) is 0 Å². The Hall–Kier alpha value is -1.58. The lowest BCUT2D eigenvalue weighted by Gasteiger charge is -2.23. The molecule has 3 nitrogen and oxygen atoms in total. The van der Waals surface area contributed by atoms with Gasteiger partial charge in [0, 0.05) is 11.2 Å². The van der Waals surface area contributed by atoms with E-state index in [1.165, 1.54) is 0 Å². The number of carbonyl (C=O) groups excluding carboxylic acids is 1. The van der Waals surface area contributed by atoms with Gasteiger partial charge in [0.15, 0.2) is 0 Å². The molecule has 0 saturated heterocycles. The SMILES string of the molecule is CC(C)(C(=O)OCc1ccnc(Cl)c1)c1cccc(Cl)c1. The molecule has 5 heteroatoms. The van der Waals surface area contributed by atoms with E-state index in [0.717, 1.165) is 11.1 Å². The molecular formula is C16H15Cl2NO2. The van der Waals surface area contributed by atoms with Crippen molar-refractivity contribution >= 4 is 29.2 Å².